The fraction of sp³-hybridized carbons (Fsp3) is 0.238. The predicted octanol–water partition coefficient (Wildman–Crippen LogP) is 4.73. The summed E-state index contributed by atoms with van der Waals surface area (Å²) in [5.74, 6) is 1.22. The Hall–Kier alpha value is -3.08. The second-order valence-corrected chi connectivity index (χ2v) is 6.20. The van der Waals surface area contributed by atoms with Gasteiger partial charge in [0.15, 0.2) is 11.5 Å². The van der Waals surface area contributed by atoms with Gasteiger partial charge in [0.25, 0.3) is 0 Å². The van der Waals surface area contributed by atoms with Crippen molar-refractivity contribution in [1.29, 1.82) is 0 Å². The van der Waals surface area contributed by atoms with E-state index in [1.54, 1.807) is 30.6 Å². The van der Waals surface area contributed by atoms with Gasteiger partial charge in [-0.25, -0.2) is 4.98 Å². The molecule has 5 nitrogen and oxygen atoms in total. The summed E-state index contributed by atoms with van der Waals surface area (Å²) in [7, 11) is 1.52. The Balaban J connectivity index is 1.87. The standard InChI is InChI=1S/C21H23N3O2/c1-4-17(15-7-5-6-14(2)10-15)23-21-13-22-12-18(24-21)16-8-9-19(25)20(11-16)26-3/h5-13,17,25H,4H2,1-3H3,(H,23,24). The zero-order valence-corrected chi connectivity index (χ0v) is 15.2. The van der Waals surface area contributed by atoms with Crippen molar-refractivity contribution in [2.24, 2.45) is 0 Å². The lowest BCUT2D eigenvalue weighted by molar-refractivity contribution is 0.373. The molecular weight excluding hydrogens is 326 g/mol. The first kappa shape index (κ1) is 17.7. The van der Waals surface area contributed by atoms with Crippen LogP contribution in [-0.4, -0.2) is 22.2 Å². The second kappa shape index (κ2) is 7.87. The normalized spacial score (nSPS) is 11.8. The number of methoxy groups -OCH3 is 1. The highest BCUT2D eigenvalue weighted by molar-refractivity contribution is 5.64. The maximum atomic E-state index is 9.76. The molecule has 0 fully saturated rings. The van der Waals surface area contributed by atoms with E-state index in [-0.39, 0.29) is 11.8 Å². The lowest BCUT2D eigenvalue weighted by Gasteiger charge is -2.19. The van der Waals surface area contributed by atoms with Gasteiger partial charge < -0.3 is 15.2 Å². The van der Waals surface area contributed by atoms with Crippen LogP contribution >= 0.6 is 0 Å². The molecule has 0 aliphatic carbocycles. The third-order valence-electron chi connectivity index (χ3n) is 4.28. The quantitative estimate of drug-likeness (QED) is 0.673. The third kappa shape index (κ3) is 3.94. The van der Waals surface area contributed by atoms with Crippen LogP contribution in [0, 0.1) is 6.92 Å². The summed E-state index contributed by atoms with van der Waals surface area (Å²) < 4.78 is 5.17. The molecule has 0 aliphatic rings. The predicted molar refractivity (Wildman–Crippen MR) is 104 cm³/mol. The topological polar surface area (TPSA) is 67.3 Å². The van der Waals surface area contributed by atoms with E-state index in [0.717, 1.165) is 12.0 Å². The first-order valence-electron chi connectivity index (χ1n) is 8.63. The van der Waals surface area contributed by atoms with Crippen molar-refractivity contribution >= 4 is 5.82 Å². The van der Waals surface area contributed by atoms with Gasteiger partial charge in [0.1, 0.15) is 5.82 Å². The monoisotopic (exact) mass is 349 g/mol. The number of aromatic nitrogens is 2. The molecule has 26 heavy (non-hydrogen) atoms. The largest absolute Gasteiger partial charge is 0.504 e. The number of anilines is 1. The maximum Gasteiger partial charge on any atom is 0.161 e. The van der Waals surface area contributed by atoms with E-state index in [1.807, 2.05) is 0 Å². The summed E-state index contributed by atoms with van der Waals surface area (Å²) >= 11 is 0. The Labute approximate surface area is 153 Å². The number of phenols is 1. The minimum Gasteiger partial charge on any atom is -0.504 e. The summed E-state index contributed by atoms with van der Waals surface area (Å²) in [6, 6.07) is 13.8. The van der Waals surface area contributed by atoms with Crippen molar-refractivity contribution in [3.8, 4) is 22.8 Å². The number of ether oxygens (including phenoxy) is 1. The van der Waals surface area contributed by atoms with E-state index in [1.165, 1.54) is 18.2 Å². The van der Waals surface area contributed by atoms with E-state index >= 15 is 0 Å². The molecule has 0 saturated heterocycles. The van der Waals surface area contributed by atoms with Crippen LogP contribution in [0.25, 0.3) is 11.3 Å². The molecule has 5 heteroatoms. The molecule has 0 aliphatic heterocycles. The van der Waals surface area contributed by atoms with Gasteiger partial charge in [-0.05, 0) is 37.1 Å². The van der Waals surface area contributed by atoms with Gasteiger partial charge >= 0.3 is 0 Å². The van der Waals surface area contributed by atoms with Crippen LogP contribution in [0.4, 0.5) is 5.82 Å². The van der Waals surface area contributed by atoms with Crippen LogP contribution in [0.3, 0.4) is 0 Å². The Morgan fingerprint density at radius 1 is 1.15 bits per heavy atom. The van der Waals surface area contributed by atoms with Crippen LogP contribution in [0.5, 0.6) is 11.5 Å². The van der Waals surface area contributed by atoms with Gasteiger partial charge in [-0.1, -0.05) is 36.8 Å². The third-order valence-corrected chi connectivity index (χ3v) is 4.28. The van der Waals surface area contributed by atoms with Gasteiger partial charge in [0, 0.05) is 5.56 Å². The number of nitrogens with zero attached hydrogens (tertiary/aromatic N) is 2. The molecule has 1 aromatic heterocycles. The van der Waals surface area contributed by atoms with Crippen LogP contribution < -0.4 is 10.1 Å². The zero-order chi connectivity index (χ0) is 18.5. The highest BCUT2D eigenvalue weighted by Gasteiger charge is 2.12. The van der Waals surface area contributed by atoms with E-state index in [2.05, 4.69) is 53.4 Å². The average Bonchev–Trinajstić information content (AvgIpc) is 2.66. The molecule has 134 valence electrons. The summed E-state index contributed by atoms with van der Waals surface area (Å²) in [6.45, 7) is 4.23. The number of aryl methyl sites for hydroxylation is 1. The number of nitrogens with one attached hydrogen (secondary N) is 1. The van der Waals surface area contributed by atoms with Crippen molar-refractivity contribution in [3.63, 3.8) is 0 Å². The van der Waals surface area contributed by atoms with Crippen LogP contribution in [0.1, 0.15) is 30.5 Å². The Morgan fingerprint density at radius 3 is 2.73 bits per heavy atom. The van der Waals surface area contributed by atoms with Gasteiger partial charge in [0.2, 0.25) is 0 Å². The molecule has 1 atom stereocenters. The van der Waals surface area contributed by atoms with Crippen LogP contribution in [-0.2, 0) is 0 Å². The first-order chi connectivity index (χ1) is 12.6. The summed E-state index contributed by atoms with van der Waals surface area (Å²) in [4.78, 5) is 8.98. The molecule has 1 heterocycles. The van der Waals surface area contributed by atoms with Crippen molar-refractivity contribution < 1.29 is 9.84 Å². The van der Waals surface area contributed by atoms with E-state index < -0.39 is 0 Å². The van der Waals surface area contributed by atoms with Crippen molar-refractivity contribution in [3.05, 3.63) is 66.0 Å². The van der Waals surface area contributed by atoms with E-state index in [4.69, 9.17) is 4.74 Å². The number of phenolic OH excluding ortho intramolecular Hbond substituents is 1. The molecule has 3 aromatic rings. The minimum absolute atomic E-state index is 0.101. The minimum atomic E-state index is 0.101. The highest BCUT2D eigenvalue weighted by atomic mass is 16.5. The molecule has 1 unspecified atom stereocenters. The second-order valence-electron chi connectivity index (χ2n) is 6.20. The van der Waals surface area contributed by atoms with Gasteiger partial charge in [-0.3, -0.25) is 4.98 Å². The first-order valence-corrected chi connectivity index (χ1v) is 8.63. The molecule has 0 amide bonds. The maximum absolute atomic E-state index is 9.76. The summed E-state index contributed by atoms with van der Waals surface area (Å²) in [5, 5.41) is 13.2. The molecule has 3 rings (SSSR count). The van der Waals surface area contributed by atoms with Gasteiger partial charge in [-0.15, -0.1) is 0 Å². The Bertz CT molecular complexity index is 896. The molecule has 2 N–H and O–H groups in total. The summed E-state index contributed by atoms with van der Waals surface area (Å²) in [5.41, 5.74) is 4.01. The van der Waals surface area contributed by atoms with Gasteiger partial charge in [0.05, 0.1) is 31.2 Å². The smallest absolute Gasteiger partial charge is 0.161 e. The number of rotatable bonds is 6. The molecule has 0 saturated carbocycles. The fourth-order valence-corrected chi connectivity index (χ4v) is 2.90. The molecule has 2 aromatic carbocycles. The molecule has 0 radical (unpaired) electrons. The fourth-order valence-electron chi connectivity index (χ4n) is 2.90. The number of aromatic hydroxyl groups is 1. The van der Waals surface area contributed by atoms with Crippen molar-refractivity contribution in [1.82, 2.24) is 9.97 Å². The van der Waals surface area contributed by atoms with Crippen molar-refractivity contribution in [2.45, 2.75) is 26.3 Å². The number of benzene rings is 2. The number of hydrogen-bond acceptors (Lipinski definition) is 5. The lowest BCUT2D eigenvalue weighted by Crippen LogP contribution is -2.11. The van der Waals surface area contributed by atoms with Crippen molar-refractivity contribution in [2.75, 3.05) is 12.4 Å². The van der Waals surface area contributed by atoms with Crippen LogP contribution in [0.2, 0.25) is 0 Å². The molecule has 0 spiro atoms. The van der Waals surface area contributed by atoms with Crippen LogP contribution in [0.15, 0.2) is 54.9 Å². The van der Waals surface area contributed by atoms with Gasteiger partial charge in [-0.2, -0.15) is 0 Å². The molecule has 0 bridgehead atoms. The zero-order valence-electron chi connectivity index (χ0n) is 15.2. The highest BCUT2D eigenvalue weighted by Crippen LogP contribution is 2.31. The van der Waals surface area contributed by atoms with E-state index in [9.17, 15) is 5.11 Å². The average molecular weight is 349 g/mol. The number of hydrogen-bond donors (Lipinski definition) is 2. The Kier molecular flexibility index (Phi) is 5.37. The summed E-state index contributed by atoms with van der Waals surface area (Å²) in [6.07, 6.45) is 4.35. The van der Waals surface area contributed by atoms with E-state index in [0.29, 0.717) is 17.3 Å². The SMILES string of the molecule is CCC(Nc1cncc(-c2ccc(O)c(OC)c2)n1)c1cccc(C)c1. The lowest BCUT2D eigenvalue weighted by atomic mass is 10.0. The Morgan fingerprint density at radius 2 is 2.00 bits per heavy atom. The molecular formula is C21H23N3O2.